The molecule has 2 bridgehead atoms. The van der Waals surface area contributed by atoms with Crippen LogP contribution in [-0.2, 0) is 11.0 Å². The minimum atomic E-state index is -4.45. The molecule has 3 aliphatic rings. The molecule has 1 aliphatic carbocycles. The van der Waals surface area contributed by atoms with Gasteiger partial charge in [0.05, 0.1) is 28.6 Å². The van der Waals surface area contributed by atoms with Crippen molar-refractivity contribution < 1.29 is 22.7 Å². The van der Waals surface area contributed by atoms with Gasteiger partial charge in [-0.3, -0.25) is 9.78 Å². The van der Waals surface area contributed by atoms with Crippen LogP contribution in [0.25, 0.3) is 5.70 Å². The topological polar surface area (TPSA) is 67.4 Å². The van der Waals surface area contributed by atoms with E-state index in [-0.39, 0.29) is 35.9 Å². The molecular weight excluding hydrogens is 433 g/mol. The summed E-state index contributed by atoms with van der Waals surface area (Å²) >= 11 is 0. The minimum absolute atomic E-state index is 0.0652. The second kappa shape index (κ2) is 8.20. The molecule has 0 radical (unpaired) electrons. The second-order valence-corrected chi connectivity index (χ2v) is 8.70. The second-order valence-electron chi connectivity index (χ2n) is 8.70. The predicted octanol–water partition coefficient (Wildman–Crippen LogP) is 3.82. The maximum atomic E-state index is 13.6. The van der Waals surface area contributed by atoms with E-state index in [2.05, 4.69) is 15.3 Å². The molecule has 4 unspecified atom stereocenters. The van der Waals surface area contributed by atoms with Crippen molar-refractivity contribution in [3.63, 3.8) is 0 Å². The van der Waals surface area contributed by atoms with Crippen molar-refractivity contribution in [2.45, 2.75) is 44.1 Å². The van der Waals surface area contributed by atoms with Crippen LogP contribution in [0.4, 0.5) is 13.2 Å². The third kappa shape index (κ3) is 4.19. The average molecular weight is 456 g/mol. The van der Waals surface area contributed by atoms with Crippen LogP contribution in [0.5, 0.6) is 5.88 Å². The number of hydrogen-bond acceptors (Lipinski definition) is 5. The van der Waals surface area contributed by atoms with E-state index in [1.54, 1.807) is 6.20 Å². The van der Waals surface area contributed by atoms with E-state index in [1.165, 1.54) is 6.07 Å². The number of carbonyl (C=O) groups is 1. The zero-order chi connectivity index (χ0) is 23.2. The zero-order valence-corrected chi connectivity index (χ0v) is 17.9. The van der Waals surface area contributed by atoms with Gasteiger partial charge in [0, 0.05) is 31.0 Å². The van der Waals surface area contributed by atoms with Crippen LogP contribution in [0.15, 0.2) is 60.5 Å². The van der Waals surface area contributed by atoms with Gasteiger partial charge in [0.2, 0.25) is 5.88 Å². The molecule has 1 saturated heterocycles. The van der Waals surface area contributed by atoms with Gasteiger partial charge in [0.1, 0.15) is 6.10 Å². The van der Waals surface area contributed by atoms with Crippen molar-refractivity contribution in [2.75, 3.05) is 6.54 Å². The first kappa shape index (κ1) is 21.5. The zero-order valence-electron chi connectivity index (χ0n) is 17.9. The number of hydrogen-bond donors (Lipinski definition) is 1. The van der Waals surface area contributed by atoms with E-state index in [0.717, 1.165) is 25.1 Å². The number of piperidine rings is 1. The van der Waals surface area contributed by atoms with Crippen molar-refractivity contribution >= 4 is 11.6 Å². The summed E-state index contributed by atoms with van der Waals surface area (Å²) in [5.74, 6) is 0.318. The smallest absolute Gasteiger partial charge is 0.417 e. The standard InChI is InChI=1S/C24H23F3N4O2/c1-14-5-7-17(22(30-14)18-4-2-3-9-28-18)23(32)31-13-15-10-19(31)20(11-15)33-21-8-6-16(12-29-21)24(25,26)27/h2-9,12,14-15,19-20,30H,10-11,13H2,1H3. The highest BCUT2D eigenvalue weighted by Crippen LogP contribution is 2.41. The molecule has 5 rings (SSSR count). The lowest BCUT2D eigenvalue weighted by Gasteiger charge is -2.34. The molecule has 4 atom stereocenters. The molecule has 2 aliphatic heterocycles. The number of ether oxygens (including phenoxy) is 1. The van der Waals surface area contributed by atoms with Gasteiger partial charge in [-0.2, -0.15) is 13.2 Å². The number of pyridine rings is 2. The summed E-state index contributed by atoms with van der Waals surface area (Å²) in [6.07, 6.45) is 3.03. The molecule has 2 aromatic heterocycles. The third-order valence-corrected chi connectivity index (χ3v) is 6.37. The number of likely N-dealkylation sites (tertiary alicyclic amines) is 1. The fourth-order valence-corrected chi connectivity index (χ4v) is 4.83. The van der Waals surface area contributed by atoms with Crippen LogP contribution in [0, 0.1) is 5.92 Å². The van der Waals surface area contributed by atoms with Crippen LogP contribution in [0.1, 0.15) is 31.0 Å². The lowest BCUT2D eigenvalue weighted by atomic mass is 10.0. The van der Waals surface area contributed by atoms with Crippen molar-refractivity contribution in [1.29, 1.82) is 0 Å². The summed E-state index contributed by atoms with van der Waals surface area (Å²) in [6.45, 7) is 2.63. The first-order valence-electron chi connectivity index (χ1n) is 10.9. The number of carbonyl (C=O) groups excluding carboxylic acids is 1. The van der Waals surface area contributed by atoms with Gasteiger partial charge in [0.25, 0.3) is 5.91 Å². The molecule has 2 fully saturated rings. The Kier molecular flexibility index (Phi) is 5.34. The van der Waals surface area contributed by atoms with Crippen LogP contribution in [-0.4, -0.2) is 45.5 Å². The Hall–Kier alpha value is -3.36. The Morgan fingerprint density at radius 2 is 2.03 bits per heavy atom. The van der Waals surface area contributed by atoms with E-state index >= 15 is 0 Å². The van der Waals surface area contributed by atoms with Gasteiger partial charge in [0.15, 0.2) is 0 Å². The van der Waals surface area contributed by atoms with Crippen molar-refractivity contribution in [3.05, 3.63) is 71.7 Å². The van der Waals surface area contributed by atoms with Crippen LogP contribution in [0.3, 0.4) is 0 Å². The fraction of sp³-hybridized carbons (Fsp3) is 0.375. The lowest BCUT2D eigenvalue weighted by Crippen LogP contribution is -2.48. The highest BCUT2D eigenvalue weighted by molar-refractivity contribution is 6.04. The number of amides is 1. The highest BCUT2D eigenvalue weighted by atomic mass is 19.4. The molecule has 0 spiro atoms. The molecule has 9 heteroatoms. The molecule has 1 saturated carbocycles. The minimum Gasteiger partial charge on any atom is -0.472 e. The first-order chi connectivity index (χ1) is 15.8. The van der Waals surface area contributed by atoms with Gasteiger partial charge >= 0.3 is 6.18 Å². The number of aromatic nitrogens is 2. The Bertz CT molecular complexity index is 1100. The van der Waals surface area contributed by atoms with E-state index in [4.69, 9.17) is 4.74 Å². The highest BCUT2D eigenvalue weighted by Gasteiger charge is 2.49. The quantitative estimate of drug-likeness (QED) is 0.758. The number of fused-ring (bicyclic) bond motifs is 2. The van der Waals surface area contributed by atoms with Crippen molar-refractivity contribution in [3.8, 4) is 5.88 Å². The van der Waals surface area contributed by atoms with E-state index in [0.29, 0.717) is 23.5 Å². The SMILES string of the molecule is CC1C=CC(C(=O)N2CC3CC(Oc4ccc(C(F)(F)F)cn4)C2C3)=C(c2ccccn2)N1. The van der Waals surface area contributed by atoms with Gasteiger partial charge < -0.3 is 15.0 Å². The largest absolute Gasteiger partial charge is 0.472 e. The molecule has 6 nitrogen and oxygen atoms in total. The molecule has 2 aromatic rings. The summed E-state index contributed by atoms with van der Waals surface area (Å²) < 4.78 is 44.3. The summed E-state index contributed by atoms with van der Waals surface area (Å²) in [6, 6.07) is 7.66. The number of halogens is 3. The molecule has 1 N–H and O–H groups in total. The maximum absolute atomic E-state index is 13.6. The van der Waals surface area contributed by atoms with Gasteiger partial charge in [-0.25, -0.2) is 4.98 Å². The maximum Gasteiger partial charge on any atom is 0.417 e. The average Bonchev–Trinajstić information content (AvgIpc) is 3.40. The van der Waals surface area contributed by atoms with E-state index in [1.807, 2.05) is 42.2 Å². The normalized spacial score (nSPS) is 26.5. The lowest BCUT2D eigenvalue weighted by molar-refractivity contribution is -0.138. The predicted molar refractivity (Wildman–Crippen MR) is 115 cm³/mol. The Balaban J connectivity index is 1.36. The summed E-state index contributed by atoms with van der Waals surface area (Å²) in [5, 5.41) is 3.35. The fourth-order valence-electron chi connectivity index (χ4n) is 4.83. The monoisotopic (exact) mass is 456 g/mol. The number of dihydropyridines is 1. The summed E-state index contributed by atoms with van der Waals surface area (Å²) in [4.78, 5) is 23.6. The molecule has 33 heavy (non-hydrogen) atoms. The number of alkyl halides is 3. The first-order valence-corrected chi connectivity index (χ1v) is 10.9. The van der Waals surface area contributed by atoms with E-state index < -0.39 is 11.7 Å². The Morgan fingerprint density at radius 3 is 2.70 bits per heavy atom. The third-order valence-electron chi connectivity index (χ3n) is 6.37. The molecular formula is C24H23F3N4O2. The molecule has 1 amide bonds. The Morgan fingerprint density at radius 1 is 1.18 bits per heavy atom. The van der Waals surface area contributed by atoms with Gasteiger partial charge in [-0.1, -0.05) is 12.1 Å². The molecule has 4 heterocycles. The number of rotatable bonds is 4. The summed E-state index contributed by atoms with van der Waals surface area (Å²) in [7, 11) is 0. The van der Waals surface area contributed by atoms with Gasteiger partial charge in [-0.05, 0) is 50.0 Å². The van der Waals surface area contributed by atoms with Crippen LogP contribution in [0.2, 0.25) is 0 Å². The van der Waals surface area contributed by atoms with Gasteiger partial charge in [-0.15, -0.1) is 0 Å². The van der Waals surface area contributed by atoms with Crippen LogP contribution >= 0.6 is 0 Å². The molecule has 0 aromatic carbocycles. The van der Waals surface area contributed by atoms with E-state index in [9.17, 15) is 18.0 Å². The molecule has 172 valence electrons. The van der Waals surface area contributed by atoms with Crippen molar-refractivity contribution in [1.82, 2.24) is 20.2 Å². The number of nitrogens with one attached hydrogen (secondary N) is 1. The Labute approximate surface area is 189 Å². The number of nitrogens with zero attached hydrogens (tertiary/aromatic N) is 3. The van der Waals surface area contributed by atoms with Crippen LogP contribution < -0.4 is 10.1 Å². The van der Waals surface area contributed by atoms with Crippen molar-refractivity contribution in [2.24, 2.45) is 5.92 Å². The summed E-state index contributed by atoms with van der Waals surface area (Å²) in [5.41, 5.74) is 1.12.